The summed E-state index contributed by atoms with van der Waals surface area (Å²) in [7, 11) is -4.02. The molecule has 29 heavy (non-hydrogen) atoms. The number of hydrogen-bond acceptors (Lipinski definition) is 5. The highest BCUT2D eigenvalue weighted by Crippen LogP contribution is 2.36. The molecule has 0 saturated carbocycles. The van der Waals surface area contributed by atoms with Crippen molar-refractivity contribution in [2.24, 2.45) is 11.7 Å². The van der Waals surface area contributed by atoms with Gasteiger partial charge in [-0.05, 0) is 24.4 Å². The number of nitrogens with one attached hydrogen (secondary N) is 2. The minimum absolute atomic E-state index is 0.00463. The fourth-order valence-electron chi connectivity index (χ4n) is 3.59. The normalized spacial score (nSPS) is 16.1. The topological polar surface area (TPSA) is 118 Å². The number of halogens is 1. The molecule has 0 spiro atoms. The van der Waals surface area contributed by atoms with Gasteiger partial charge in [0, 0.05) is 12.7 Å². The average molecular weight is 446 g/mol. The summed E-state index contributed by atoms with van der Waals surface area (Å²) in [5, 5.41) is 5.70. The Hall–Kier alpha value is -1.64. The van der Waals surface area contributed by atoms with Crippen LogP contribution in [-0.2, 0) is 25.8 Å². The van der Waals surface area contributed by atoms with Crippen LogP contribution in [0.2, 0.25) is 0 Å². The monoisotopic (exact) mass is 445 g/mol. The molecule has 0 aromatic heterocycles. The molecule has 9 heteroatoms. The minimum Gasteiger partial charge on any atom is -0.368 e. The molecule has 0 aliphatic heterocycles. The summed E-state index contributed by atoms with van der Waals surface area (Å²) < 4.78 is 26.4. The van der Waals surface area contributed by atoms with Crippen molar-refractivity contribution >= 4 is 33.3 Å². The number of alkyl halides is 1. The second-order valence-corrected chi connectivity index (χ2v) is 10.2. The Kier molecular flexibility index (Phi) is 9.11. The Labute approximate surface area is 178 Å². The molecular formula is C20H32ClN3O4S. The van der Waals surface area contributed by atoms with Crippen LogP contribution in [-0.4, -0.2) is 49.3 Å². The van der Waals surface area contributed by atoms with Gasteiger partial charge in [0.25, 0.3) is 0 Å². The third-order valence-corrected chi connectivity index (χ3v) is 7.10. The number of carbonyl (C=O) groups is 2. The highest BCUT2D eigenvalue weighted by Gasteiger charge is 2.62. The fourth-order valence-corrected chi connectivity index (χ4v) is 5.41. The van der Waals surface area contributed by atoms with E-state index in [0.29, 0.717) is 18.5 Å². The Balaban J connectivity index is 3.84. The molecule has 164 valence electrons. The molecular weight excluding hydrogens is 414 g/mol. The molecule has 7 nitrogen and oxygen atoms in total. The largest absolute Gasteiger partial charge is 0.368 e. The van der Waals surface area contributed by atoms with Gasteiger partial charge in [0.15, 0.2) is 14.7 Å². The van der Waals surface area contributed by atoms with Crippen LogP contribution in [0.25, 0.3) is 0 Å². The van der Waals surface area contributed by atoms with Crippen molar-refractivity contribution < 1.29 is 18.0 Å². The summed E-state index contributed by atoms with van der Waals surface area (Å²) in [6.45, 7) is 5.97. The van der Waals surface area contributed by atoms with E-state index in [1.807, 2.05) is 19.9 Å². The molecule has 0 fully saturated rings. The maximum Gasteiger partial charge on any atom is 0.241 e. The first-order chi connectivity index (χ1) is 13.5. The third kappa shape index (κ3) is 5.71. The van der Waals surface area contributed by atoms with E-state index in [1.165, 1.54) is 0 Å². The van der Waals surface area contributed by atoms with E-state index in [2.05, 4.69) is 10.6 Å². The van der Waals surface area contributed by atoms with Gasteiger partial charge >= 0.3 is 0 Å². The maximum atomic E-state index is 13.2. The highest BCUT2D eigenvalue weighted by molar-refractivity contribution is 7.92. The average Bonchev–Trinajstić information content (AvgIpc) is 2.64. The van der Waals surface area contributed by atoms with Crippen molar-refractivity contribution in [2.45, 2.75) is 50.4 Å². The molecule has 2 amide bonds. The number of amides is 2. The summed E-state index contributed by atoms with van der Waals surface area (Å²) >= 11 is 5.68. The van der Waals surface area contributed by atoms with Crippen molar-refractivity contribution in [3.63, 3.8) is 0 Å². The van der Waals surface area contributed by atoms with E-state index in [0.717, 1.165) is 6.26 Å². The number of rotatable bonds is 12. The second kappa shape index (κ2) is 10.4. The van der Waals surface area contributed by atoms with E-state index in [-0.39, 0.29) is 18.8 Å². The van der Waals surface area contributed by atoms with Gasteiger partial charge in [0.1, 0.15) is 11.4 Å². The molecule has 4 N–H and O–H groups in total. The summed E-state index contributed by atoms with van der Waals surface area (Å²) in [6, 6.07) is 8.99. The van der Waals surface area contributed by atoms with Gasteiger partial charge in [-0.3, -0.25) is 14.9 Å². The molecule has 1 unspecified atom stereocenters. The zero-order chi connectivity index (χ0) is 22.3. The van der Waals surface area contributed by atoms with Crippen molar-refractivity contribution in [3.8, 4) is 0 Å². The molecule has 0 saturated heterocycles. The SMILES string of the molecule is CCCC(NC(=O)CCl)([C@@](Cc1ccccc1)(NCC(C)C)C(N)=O)S(C)(=O)=O. The van der Waals surface area contributed by atoms with Crippen LogP contribution in [0.1, 0.15) is 39.2 Å². The molecule has 0 heterocycles. The van der Waals surface area contributed by atoms with Crippen LogP contribution in [0.5, 0.6) is 0 Å². The van der Waals surface area contributed by atoms with E-state index in [1.54, 1.807) is 31.2 Å². The predicted octanol–water partition coefficient (Wildman–Crippen LogP) is 1.59. The number of nitrogens with two attached hydrogens (primary N) is 1. The number of carbonyl (C=O) groups excluding carboxylic acids is 2. The highest BCUT2D eigenvalue weighted by atomic mass is 35.5. The van der Waals surface area contributed by atoms with Crippen LogP contribution in [0.15, 0.2) is 30.3 Å². The first-order valence-electron chi connectivity index (χ1n) is 9.61. The first kappa shape index (κ1) is 25.4. The maximum absolute atomic E-state index is 13.2. The van der Waals surface area contributed by atoms with Crippen LogP contribution in [0.3, 0.4) is 0 Å². The summed E-state index contributed by atoms with van der Waals surface area (Å²) in [5.74, 6) is -1.87. The Morgan fingerprint density at radius 1 is 1.21 bits per heavy atom. The number of hydrogen-bond donors (Lipinski definition) is 3. The van der Waals surface area contributed by atoms with E-state index >= 15 is 0 Å². The quantitative estimate of drug-likeness (QED) is 0.422. The van der Waals surface area contributed by atoms with Gasteiger partial charge in [-0.2, -0.15) is 0 Å². The lowest BCUT2D eigenvalue weighted by atomic mass is 9.79. The first-order valence-corrected chi connectivity index (χ1v) is 12.0. The molecule has 0 aliphatic rings. The molecule has 0 bridgehead atoms. The molecule has 0 radical (unpaired) electrons. The summed E-state index contributed by atoms with van der Waals surface area (Å²) in [4.78, 5) is 23.3. The van der Waals surface area contributed by atoms with Gasteiger partial charge in [-0.25, -0.2) is 8.42 Å². The van der Waals surface area contributed by atoms with E-state index in [4.69, 9.17) is 17.3 Å². The van der Waals surface area contributed by atoms with Crippen LogP contribution >= 0.6 is 11.6 Å². The number of benzene rings is 1. The molecule has 1 aromatic rings. The number of sulfone groups is 1. The molecule has 2 atom stereocenters. The van der Waals surface area contributed by atoms with Crippen molar-refractivity contribution in [1.29, 1.82) is 0 Å². The second-order valence-electron chi connectivity index (χ2n) is 7.74. The Morgan fingerprint density at radius 3 is 2.21 bits per heavy atom. The van der Waals surface area contributed by atoms with Crippen LogP contribution in [0, 0.1) is 5.92 Å². The van der Waals surface area contributed by atoms with E-state index < -0.39 is 37.9 Å². The smallest absolute Gasteiger partial charge is 0.241 e. The fraction of sp³-hybridized carbons (Fsp3) is 0.600. The standard InChI is InChI=1S/C20H32ClN3O4S/c1-5-11-20(29(4,27)28,24-17(25)13-21)19(18(22)26,23-14-15(2)3)12-16-9-7-6-8-10-16/h6-10,15,23H,5,11-14H2,1-4H3,(H2,22,26)(H,24,25)/t19-,20?/m0/s1. The van der Waals surface area contributed by atoms with Crippen LogP contribution in [0.4, 0.5) is 0 Å². The lowest BCUT2D eigenvalue weighted by Crippen LogP contribution is -2.79. The van der Waals surface area contributed by atoms with Crippen molar-refractivity contribution in [3.05, 3.63) is 35.9 Å². The summed E-state index contributed by atoms with van der Waals surface area (Å²) in [5.41, 5.74) is 4.83. The van der Waals surface area contributed by atoms with Crippen LogP contribution < -0.4 is 16.4 Å². The third-order valence-electron chi connectivity index (χ3n) is 4.93. The number of primary amides is 1. The lowest BCUT2D eigenvalue weighted by Gasteiger charge is -2.48. The van der Waals surface area contributed by atoms with Crippen molar-refractivity contribution in [1.82, 2.24) is 10.6 Å². The molecule has 0 aliphatic carbocycles. The molecule has 1 rings (SSSR count). The van der Waals surface area contributed by atoms with Gasteiger partial charge in [0.2, 0.25) is 11.8 Å². The zero-order valence-electron chi connectivity index (χ0n) is 17.5. The Bertz CT molecular complexity index is 801. The lowest BCUT2D eigenvalue weighted by molar-refractivity contribution is -0.128. The predicted molar refractivity (Wildman–Crippen MR) is 116 cm³/mol. The van der Waals surface area contributed by atoms with Gasteiger partial charge < -0.3 is 11.1 Å². The summed E-state index contributed by atoms with van der Waals surface area (Å²) in [6.07, 6.45) is 1.39. The van der Waals surface area contributed by atoms with Crippen molar-refractivity contribution in [2.75, 3.05) is 18.7 Å². The van der Waals surface area contributed by atoms with E-state index in [9.17, 15) is 18.0 Å². The van der Waals surface area contributed by atoms with Gasteiger partial charge in [0.05, 0.1) is 0 Å². The van der Waals surface area contributed by atoms with Gasteiger partial charge in [-0.15, -0.1) is 11.6 Å². The molecule has 1 aromatic carbocycles. The Morgan fingerprint density at radius 2 is 1.79 bits per heavy atom. The zero-order valence-corrected chi connectivity index (χ0v) is 19.1. The minimum atomic E-state index is -4.02. The van der Waals surface area contributed by atoms with Gasteiger partial charge in [-0.1, -0.05) is 57.5 Å².